The van der Waals surface area contributed by atoms with Gasteiger partial charge in [-0.2, -0.15) is 0 Å². The fourth-order valence-electron chi connectivity index (χ4n) is 5.76. The Balaban J connectivity index is 1.49. The number of rotatable bonds is 4. The highest BCUT2D eigenvalue weighted by molar-refractivity contribution is 6.31. The van der Waals surface area contributed by atoms with Crippen LogP contribution in [0.2, 0.25) is 5.02 Å². The molecule has 5 rings (SSSR count). The third kappa shape index (κ3) is 3.64. The highest BCUT2D eigenvalue weighted by atomic mass is 35.5. The van der Waals surface area contributed by atoms with Crippen molar-refractivity contribution in [2.24, 2.45) is 0 Å². The van der Waals surface area contributed by atoms with Gasteiger partial charge in [-0.3, -0.25) is 9.80 Å². The van der Waals surface area contributed by atoms with Crippen molar-refractivity contribution in [3.63, 3.8) is 0 Å². The van der Waals surface area contributed by atoms with Crippen molar-refractivity contribution in [2.45, 2.75) is 57.3 Å². The maximum Gasteiger partial charge on any atom is 0.113 e. The summed E-state index contributed by atoms with van der Waals surface area (Å²) in [5.41, 5.74) is 2.30. The van der Waals surface area contributed by atoms with E-state index in [1.165, 1.54) is 37.5 Å². The van der Waals surface area contributed by atoms with Gasteiger partial charge in [-0.25, -0.2) is 0 Å². The number of para-hydroxylation sites is 1. The van der Waals surface area contributed by atoms with Crippen molar-refractivity contribution in [2.75, 3.05) is 26.2 Å². The molecule has 2 unspecified atom stereocenters. The quantitative estimate of drug-likeness (QED) is 0.617. The molecule has 1 N–H and O–H groups in total. The van der Waals surface area contributed by atoms with Crippen LogP contribution in [0.5, 0.6) is 0 Å². The zero-order chi connectivity index (χ0) is 20.7. The van der Waals surface area contributed by atoms with E-state index < -0.39 is 6.10 Å². The molecule has 2 fully saturated rings. The number of benzene rings is 2. The van der Waals surface area contributed by atoms with E-state index >= 15 is 0 Å². The summed E-state index contributed by atoms with van der Waals surface area (Å²) in [6.07, 6.45) is 6.32. The molecular weight excluding hydrogens is 394 g/mol. The lowest BCUT2D eigenvalue weighted by Crippen LogP contribution is -2.53. The van der Waals surface area contributed by atoms with E-state index in [9.17, 15) is 5.11 Å². The molecule has 2 aromatic carbocycles. The smallest absolute Gasteiger partial charge is 0.113 e. The van der Waals surface area contributed by atoms with Crippen molar-refractivity contribution in [3.05, 3.63) is 47.5 Å². The second kappa shape index (κ2) is 8.51. The Labute approximate surface area is 184 Å². The lowest BCUT2D eigenvalue weighted by Gasteiger charge is -2.44. The van der Waals surface area contributed by atoms with Gasteiger partial charge in [0.15, 0.2) is 0 Å². The van der Waals surface area contributed by atoms with Gasteiger partial charge in [-0.15, -0.1) is 0 Å². The number of aliphatic hydroxyl groups excluding tert-OH is 1. The molecule has 0 amide bonds. The van der Waals surface area contributed by atoms with Gasteiger partial charge in [0.25, 0.3) is 0 Å². The maximum atomic E-state index is 10.9. The molecule has 1 saturated carbocycles. The van der Waals surface area contributed by atoms with Crippen LogP contribution in [0, 0.1) is 0 Å². The third-order valence-electron chi connectivity index (χ3n) is 7.18. The predicted octanol–water partition coefficient (Wildman–Crippen LogP) is 5.28. The third-order valence-corrected chi connectivity index (χ3v) is 7.42. The first-order chi connectivity index (χ1) is 14.6. The molecule has 1 aliphatic heterocycles. The van der Waals surface area contributed by atoms with Crippen LogP contribution in [0.4, 0.5) is 0 Å². The Morgan fingerprint density at radius 2 is 1.60 bits per heavy atom. The molecule has 1 saturated heterocycles. The van der Waals surface area contributed by atoms with Gasteiger partial charge in [0.1, 0.15) is 6.17 Å². The summed E-state index contributed by atoms with van der Waals surface area (Å²) in [4.78, 5) is 5.17. The van der Waals surface area contributed by atoms with Gasteiger partial charge >= 0.3 is 0 Å². The molecule has 3 aromatic rings. The van der Waals surface area contributed by atoms with Crippen LogP contribution < -0.4 is 0 Å². The lowest BCUT2D eigenvalue weighted by atomic mass is 9.94. The van der Waals surface area contributed by atoms with E-state index in [2.05, 4.69) is 50.8 Å². The van der Waals surface area contributed by atoms with Crippen LogP contribution >= 0.6 is 11.6 Å². The molecule has 5 heteroatoms. The zero-order valence-electron chi connectivity index (χ0n) is 17.8. The number of aromatic nitrogens is 1. The van der Waals surface area contributed by atoms with Crippen molar-refractivity contribution in [1.29, 1.82) is 0 Å². The van der Waals surface area contributed by atoms with Crippen LogP contribution in [0.3, 0.4) is 0 Å². The number of fused-ring (bicyclic) bond motifs is 3. The minimum absolute atomic E-state index is 0.0814. The average molecular weight is 426 g/mol. The van der Waals surface area contributed by atoms with E-state index in [1.807, 2.05) is 13.0 Å². The minimum atomic E-state index is -0.471. The Bertz CT molecular complexity index is 1020. The molecule has 2 heterocycles. The van der Waals surface area contributed by atoms with Gasteiger partial charge in [0, 0.05) is 48.0 Å². The number of hydrogen-bond acceptors (Lipinski definition) is 3. The molecule has 2 atom stereocenters. The van der Waals surface area contributed by atoms with Crippen molar-refractivity contribution in [1.82, 2.24) is 14.4 Å². The first-order valence-electron chi connectivity index (χ1n) is 11.5. The molecule has 0 bridgehead atoms. The number of aliphatic hydroxyl groups is 1. The van der Waals surface area contributed by atoms with Gasteiger partial charge in [-0.05, 0) is 44.0 Å². The summed E-state index contributed by atoms with van der Waals surface area (Å²) >= 11 is 6.33. The fraction of sp³-hybridized carbons (Fsp3) is 0.520. The lowest BCUT2D eigenvalue weighted by molar-refractivity contribution is -0.0167. The van der Waals surface area contributed by atoms with Gasteiger partial charge < -0.3 is 9.67 Å². The molecule has 2 aliphatic rings. The number of halogens is 1. The first kappa shape index (κ1) is 20.3. The molecule has 4 nitrogen and oxygen atoms in total. The summed E-state index contributed by atoms with van der Waals surface area (Å²) in [5, 5.41) is 14.0. The van der Waals surface area contributed by atoms with E-state index in [0.717, 1.165) is 53.7 Å². The largest absolute Gasteiger partial charge is 0.390 e. The van der Waals surface area contributed by atoms with Crippen LogP contribution in [-0.4, -0.2) is 57.8 Å². The molecular formula is C25H32ClN3O. The standard InChI is InChI=1S/C25H32ClN3O/c1-18(30)25(28-15-13-27(14-16-28)20-7-3-2-4-8-20)29-23-10-6-5-9-21(23)22-17-19(26)11-12-24(22)29/h5-6,9-12,17-18,20,25,30H,2-4,7-8,13-16H2,1H3. The molecule has 30 heavy (non-hydrogen) atoms. The maximum absolute atomic E-state index is 10.9. The van der Waals surface area contributed by atoms with E-state index in [-0.39, 0.29) is 6.17 Å². The summed E-state index contributed by atoms with van der Waals surface area (Å²) in [5.74, 6) is 0. The Hall–Kier alpha value is -1.59. The molecule has 0 radical (unpaired) electrons. The summed E-state index contributed by atoms with van der Waals surface area (Å²) in [6.45, 7) is 6.10. The van der Waals surface area contributed by atoms with Crippen LogP contribution in [0.15, 0.2) is 42.5 Å². The number of piperazine rings is 1. The second-order valence-electron chi connectivity index (χ2n) is 9.07. The van der Waals surface area contributed by atoms with Crippen LogP contribution in [0.1, 0.15) is 45.2 Å². The fourth-order valence-corrected chi connectivity index (χ4v) is 5.93. The number of hydrogen-bond donors (Lipinski definition) is 1. The first-order valence-corrected chi connectivity index (χ1v) is 11.9. The highest BCUT2D eigenvalue weighted by Crippen LogP contribution is 2.36. The van der Waals surface area contributed by atoms with E-state index in [1.54, 1.807) is 0 Å². The van der Waals surface area contributed by atoms with Crippen molar-refractivity contribution >= 4 is 33.4 Å². The van der Waals surface area contributed by atoms with Crippen LogP contribution in [0.25, 0.3) is 21.8 Å². The highest BCUT2D eigenvalue weighted by Gasteiger charge is 2.32. The zero-order valence-corrected chi connectivity index (χ0v) is 18.6. The summed E-state index contributed by atoms with van der Waals surface area (Å²) < 4.78 is 2.34. The van der Waals surface area contributed by atoms with Gasteiger partial charge in [0.2, 0.25) is 0 Å². The number of nitrogens with zero attached hydrogens (tertiary/aromatic N) is 3. The van der Waals surface area contributed by atoms with Crippen LogP contribution in [-0.2, 0) is 0 Å². The van der Waals surface area contributed by atoms with Crippen molar-refractivity contribution < 1.29 is 5.11 Å². The predicted molar refractivity (Wildman–Crippen MR) is 125 cm³/mol. The van der Waals surface area contributed by atoms with Crippen molar-refractivity contribution in [3.8, 4) is 0 Å². The second-order valence-corrected chi connectivity index (χ2v) is 9.50. The van der Waals surface area contributed by atoms with Gasteiger partial charge in [-0.1, -0.05) is 49.1 Å². The molecule has 0 spiro atoms. The minimum Gasteiger partial charge on any atom is -0.390 e. The Kier molecular flexibility index (Phi) is 5.76. The summed E-state index contributed by atoms with van der Waals surface area (Å²) in [6, 6.07) is 15.4. The Morgan fingerprint density at radius 1 is 0.900 bits per heavy atom. The average Bonchev–Trinajstić information content (AvgIpc) is 3.08. The normalized spacial score (nSPS) is 22.0. The topological polar surface area (TPSA) is 31.6 Å². The molecule has 1 aliphatic carbocycles. The Morgan fingerprint density at radius 3 is 2.33 bits per heavy atom. The van der Waals surface area contributed by atoms with Gasteiger partial charge in [0.05, 0.1) is 17.1 Å². The molecule has 160 valence electrons. The van der Waals surface area contributed by atoms with E-state index in [4.69, 9.17) is 11.6 Å². The molecule has 1 aromatic heterocycles. The monoisotopic (exact) mass is 425 g/mol. The van der Waals surface area contributed by atoms with E-state index in [0.29, 0.717) is 0 Å². The summed E-state index contributed by atoms with van der Waals surface area (Å²) in [7, 11) is 0. The SMILES string of the molecule is CC(O)C(N1CCN(C2CCCCC2)CC1)n1c2ccccc2c2cc(Cl)ccc21.